The number of nitrogens with zero attached hydrogens (tertiary/aromatic N) is 2. The van der Waals surface area contributed by atoms with Gasteiger partial charge < -0.3 is 14.4 Å². The molecule has 0 saturated carbocycles. The molecular weight excluding hydrogens is 396 g/mol. The first-order valence-electron chi connectivity index (χ1n) is 8.85. The fourth-order valence-electron chi connectivity index (χ4n) is 3.34. The van der Waals surface area contributed by atoms with Gasteiger partial charge in [-0.05, 0) is 29.8 Å². The van der Waals surface area contributed by atoms with Crippen molar-refractivity contribution in [3.63, 3.8) is 0 Å². The Balaban J connectivity index is 1.38. The lowest BCUT2D eigenvalue weighted by Gasteiger charge is -2.35. The molecule has 4 rings (SSSR count). The number of carbonyl (C=O) groups excluding carboxylic acids is 1. The zero-order valence-electron chi connectivity index (χ0n) is 14.5. The van der Waals surface area contributed by atoms with Gasteiger partial charge in [0.15, 0.2) is 11.5 Å². The normalized spacial score (nSPS) is 17.2. The lowest BCUT2D eigenvalue weighted by atomic mass is 10.1. The largest absolute Gasteiger partial charge is 0.486 e. The SMILES string of the molecule is O=C(c1ccccc1)N1CCN(Cc2cc3c(cc2Br)OCCO3)CC1. The highest BCUT2D eigenvalue weighted by Gasteiger charge is 2.23. The summed E-state index contributed by atoms with van der Waals surface area (Å²) < 4.78 is 12.3. The molecule has 26 heavy (non-hydrogen) atoms. The summed E-state index contributed by atoms with van der Waals surface area (Å²) in [4.78, 5) is 16.9. The van der Waals surface area contributed by atoms with E-state index in [0.29, 0.717) is 13.2 Å². The summed E-state index contributed by atoms with van der Waals surface area (Å²) in [5, 5.41) is 0. The van der Waals surface area contributed by atoms with Gasteiger partial charge in [0.1, 0.15) is 13.2 Å². The van der Waals surface area contributed by atoms with Gasteiger partial charge in [-0.15, -0.1) is 0 Å². The summed E-state index contributed by atoms with van der Waals surface area (Å²) in [7, 11) is 0. The smallest absolute Gasteiger partial charge is 0.253 e. The summed E-state index contributed by atoms with van der Waals surface area (Å²) >= 11 is 3.64. The molecule has 1 fully saturated rings. The summed E-state index contributed by atoms with van der Waals surface area (Å²) in [5.74, 6) is 1.73. The Morgan fingerprint density at radius 1 is 0.962 bits per heavy atom. The minimum atomic E-state index is 0.116. The molecule has 0 aromatic heterocycles. The fourth-order valence-corrected chi connectivity index (χ4v) is 3.79. The van der Waals surface area contributed by atoms with E-state index in [2.05, 4.69) is 26.9 Å². The Kier molecular flexibility index (Phi) is 5.13. The van der Waals surface area contributed by atoms with Crippen LogP contribution in [0.2, 0.25) is 0 Å². The Labute approximate surface area is 161 Å². The molecule has 1 amide bonds. The highest BCUT2D eigenvalue weighted by atomic mass is 79.9. The molecule has 0 bridgehead atoms. The number of rotatable bonds is 3. The maximum absolute atomic E-state index is 12.5. The monoisotopic (exact) mass is 416 g/mol. The van der Waals surface area contributed by atoms with E-state index in [0.717, 1.165) is 54.3 Å². The number of ether oxygens (including phenoxy) is 2. The van der Waals surface area contributed by atoms with Crippen molar-refractivity contribution in [1.29, 1.82) is 0 Å². The number of hydrogen-bond acceptors (Lipinski definition) is 4. The molecule has 2 heterocycles. The van der Waals surface area contributed by atoms with Crippen molar-refractivity contribution in [2.75, 3.05) is 39.4 Å². The van der Waals surface area contributed by atoms with Crippen LogP contribution in [-0.4, -0.2) is 55.1 Å². The Morgan fingerprint density at radius 2 is 1.62 bits per heavy atom. The van der Waals surface area contributed by atoms with Crippen LogP contribution >= 0.6 is 15.9 Å². The quantitative estimate of drug-likeness (QED) is 0.770. The molecular formula is C20H21BrN2O3. The molecule has 2 aromatic rings. The summed E-state index contributed by atoms with van der Waals surface area (Å²) in [6.07, 6.45) is 0. The first-order chi connectivity index (χ1) is 12.7. The van der Waals surface area contributed by atoms with Gasteiger partial charge >= 0.3 is 0 Å². The summed E-state index contributed by atoms with van der Waals surface area (Å²) in [6.45, 7) is 5.22. The molecule has 2 aromatic carbocycles. The second-order valence-electron chi connectivity index (χ2n) is 6.52. The molecule has 0 unspecified atom stereocenters. The van der Waals surface area contributed by atoms with Crippen molar-refractivity contribution in [1.82, 2.24) is 9.80 Å². The first-order valence-corrected chi connectivity index (χ1v) is 9.65. The van der Waals surface area contributed by atoms with Crippen molar-refractivity contribution in [3.8, 4) is 11.5 Å². The van der Waals surface area contributed by atoms with Gasteiger partial charge in [0.25, 0.3) is 5.91 Å². The zero-order chi connectivity index (χ0) is 17.9. The third kappa shape index (κ3) is 3.71. The van der Waals surface area contributed by atoms with Crippen LogP contribution in [0.3, 0.4) is 0 Å². The van der Waals surface area contributed by atoms with Crippen molar-refractivity contribution < 1.29 is 14.3 Å². The molecule has 0 N–H and O–H groups in total. The molecule has 0 radical (unpaired) electrons. The van der Waals surface area contributed by atoms with Crippen LogP contribution in [0.25, 0.3) is 0 Å². The van der Waals surface area contributed by atoms with Gasteiger partial charge in [-0.1, -0.05) is 34.1 Å². The van der Waals surface area contributed by atoms with Crippen LogP contribution in [0, 0.1) is 0 Å². The van der Waals surface area contributed by atoms with Crippen molar-refractivity contribution in [3.05, 3.63) is 58.1 Å². The lowest BCUT2D eigenvalue weighted by molar-refractivity contribution is 0.0628. The maximum atomic E-state index is 12.5. The molecule has 136 valence electrons. The highest BCUT2D eigenvalue weighted by molar-refractivity contribution is 9.10. The number of fused-ring (bicyclic) bond motifs is 1. The molecule has 2 aliphatic rings. The van der Waals surface area contributed by atoms with Crippen LogP contribution in [-0.2, 0) is 6.54 Å². The van der Waals surface area contributed by atoms with Gasteiger partial charge in [-0.3, -0.25) is 9.69 Å². The molecule has 0 atom stereocenters. The van der Waals surface area contributed by atoms with Gasteiger partial charge in [-0.2, -0.15) is 0 Å². The van der Waals surface area contributed by atoms with Crippen LogP contribution in [0.1, 0.15) is 15.9 Å². The van der Waals surface area contributed by atoms with E-state index in [4.69, 9.17) is 9.47 Å². The second kappa shape index (κ2) is 7.68. The maximum Gasteiger partial charge on any atom is 0.253 e. The Hall–Kier alpha value is -2.05. The van der Waals surface area contributed by atoms with Crippen LogP contribution in [0.5, 0.6) is 11.5 Å². The number of benzene rings is 2. The minimum absolute atomic E-state index is 0.116. The van der Waals surface area contributed by atoms with Crippen LogP contribution in [0.4, 0.5) is 0 Å². The average Bonchev–Trinajstić information content (AvgIpc) is 2.69. The summed E-state index contributed by atoms with van der Waals surface area (Å²) in [6, 6.07) is 13.5. The fraction of sp³-hybridized carbons (Fsp3) is 0.350. The van der Waals surface area contributed by atoms with Gasteiger partial charge in [0.2, 0.25) is 0 Å². The molecule has 6 heteroatoms. The number of carbonyl (C=O) groups is 1. The van der Waals surface area contributed by atoms with Crippen LogP contribution < -0.4 is 9.47 Å². The van der Waals surface area contributed by atoms with Crippen LogP contribution in [0.15, 0.2) is 46.9 Å². The average molecular weight is 417 g/mol. The Bertz CT molecular complexity index is 789. The highest BCUT2D eigenvalue weighted by Crippen LogP contribution is 2.36. The number of halogens is 1. The van der Waals surface area contributed by atoms with E-state index in [9.17, 15) is 4.79 Å². The van der Waals surface area contributed by atoms with E-state index in [1.807, 2.05) is 41.3 Å². The topological polar surface area (TPSA) is 42.0 Å². The second-order valence-corrected chi connectivity index (χ2v) is 7.38. The minimum Gasteiger partial charge on any atom is -0.486 e. The first kappa shape index (κ1) is 17.4. The third-order valence-electron chi connectivity index (χ3n) is 4.79. The zero-order valence-corrected chi connectivity index (χ0v) is 16.1. The van der Waals surface area contributed by atoms with Gasteiger partial charge in [0.05, 0.1) is 0 Å². The summed E-state index contributed by atoms with van der Waals surface area (Å²) in [5.41, 5.74) is 1.94. The van der Waals surface area contributed by atoms with E-state index in [1.165, 1.54) is 5.56 Å². The van der Waals surface area contributed by atoms with Crippen molar-refractivity contribution in [2.45, 2.75) is 6.54 Å². The van der Waals surface area contributed by atoms with Gasteiger partial charge in [-0.25, -0.2) is 0 Å². The molecule has 2 aliphatic heterocycles. The predicted molar refractivity (Wildman–Crippen MR) is 103 cm³/mol. The van der Waals surface area contributed by atoms with Crippen molar-refractivity contribution in [2.24, 2.45) is 0 Å². The van der Waals surface area contributed by atoms with Crippen molar-refractivity contribution >= 4 is 21.8 Å². The molecule has 5 nitrogen and oxygen atoms in total. The molecule has 0 aliphatic carbocycles. The third-order valence-corrected chi connectivity index (χ3v) is 5.52. The number of amides is 1. The van der Waals surface area contributed by atoms with E-state index < -0.39 is 0 Å². The molecule has 1 saturated heterocycles. The standard InChI is InChI=1S/C20H21BrN2O3/c21-17-13-19-18(25-10-11-26-19)12-16(17)14-22-6-8-23(9-7-22)20(24)15-4-2-1-3-5-15/h1-5,12-13H,6-11,14H2. The lowest BCUT2D eigenvalue weighted by Crippen LogP contribution is -2.48. The predicted octanol–water partition coefficient (Wildman–Crippen LogP) is 3.18. The number of hydrogen-bond donors (Lipinski definition) is 0. The van der Waals surface area contributed by atoms with E-state index in [-0.39, 0.29) is 5.91 Å². The van der Waals surface area contributed by atoms with Gasteiger partial charge in [0, 0.05) is 42.8 Å². The number of piperazine rings is 1. The molecule has 0 spiro atoms. The van der Waals surface area contributed by atoms with E-state index >= 15 is 0 Å². The Morgan fingerprint density at radius 3 is 2.31 bits per heavy atom. The van der Waals surface area contributed by atoms with E-state index in [1.54, 1.807) is 0 Å².